The summed E-state index contributed by atoms with van der Waals surface area (Å²) in [5, 5.41) is 2.78. The zero-order valence-electron chi connectivity index (χ0n) is 10.0. The number of fused-ring (bicyclic) bond motifs is 1. The quantitative estimate of drug-likeness (QED) is 0.831. The van der Waals surface area contributed by atoms with Crippen LogP contribution in [0, 0.1) is 0 Å². The van der Waals surface area contributed by atoms with E-state index in [1.807, 2.05) is 0 Å². The Balaban J connectivity index is 2.05. The van der Waals surface area contributed by atoms with E-state index in [1.54, 1.807) is 0 Å². The molecule has 1 aliphatic rings. The van der Waals surface area contributed by atoms with E-state index < -0.39 is 0 Å². The zero-order chi connectivity index (χ0) is 12.3. The summed E-state index contributed by atoms with van der Waals surface area (Å²) in [5.74, 6) is -0.100. The molecule has 0 saturated carbocycles. The Morgan fingerprint density at radius 3 is 3.06 bits per heavy atom. The molecule has 3 nitrogen and oxygen atoms in total. The number of anilines is 1. The highest BCUT2D eigenvalue weighted by Crippen LogP contribution is 2.28. The van der Waals surface area contributed by atoms with E-state index in [1.165, 1.54) is 11.3 Å². The first-order chi connectivity index (χ1) is 8.24. The average molecular weight is 253 g/mol. The maximum atomic E-state index is 11.1. The van der Waals surface area contributed by atoms with E-state index in [9.17, 15) is 4.79 Å². The van der Waals surface area contributed by atoms with Crippen LogP contribution >= 0.6 is 11.6 Å². The standard InChI is InChI=1S/C13H17ClN2O/c1-2-16-6-5-11-7-10(3-4-12(11)16)9-15-13(17)8-14/h3-4,7H,2,5-6,8-9H2,1H3,(H,15,17). The van der Waals surface area contributed by atoms with Crippen molar-refractivity contribution in [1.82, 2.24) is 5.32 Å². The predicted molar refractivity (Wildman–Crippen MR) is 70.6 cm³/mol. The lowest BCUT2D eigenvalue weighted by Gasteiger charge is -2.16. The summed E-state index contributed by atoms with van der Waals surface area (Å²) in [6, 6.07) is 6.40. The van der Waals surface area contributed by atoms with Gasteiger partial charge in [0.2, 0.25) is 5.91 Å². The van der Waals surface area contributed by atoms with E-state index in [4.69, 9.17) is 11.6 Å². The molecule has 1 N–H and O–H groups in total. The third-order valence-corrected chi connectivity index (χ3v) is 3.37. The fourth-order valence-electron chi connectivity index (χ4n) is 2.21. The fourth-order valence-corrected chi connectivity index (χ4v) is 2.30. The number of rotatable bonds is 4. The second-order valence-corrected chi connectivity index (χ2v) is 4.47. The lowest BCUT2D eigenvalue weighted by atomic mass is 10.1. The Morgan fingerprint density at radius 2 is 2.35 bits per heavy atom. The third kappa shape index (κ3) is 2.72. The highest BCUT2D eigenvalue weighted by molar-refractivity contribution is 6.27. The number of carbonyl (C=O) groups excluding carboxylic acids is 1. The van der Waals surface area contributed by atoms with Gasteiger partial charge < -0.3 is 10.2 Å². The Morgan fingerprint density at radius 1 is 1.53 bits per heavy atom. The van der Waals surface area contributed by atoms with Gasteiger partial charge in [-0.3, -0.25) is 4.79 Å². The number of hydrogen-bond donors (Lipinski definition) is 1. The molecule has 1 amide bonds. The highest BCUT2D eigenvalue weighted by Gasteiger charge is 2.17. The average Bonchev–Trinajstić information content (AvgIpc) is 2.78. The van der Waals surface area contributed by atoms with Crippen LogP contribution in [0.4, 0.5) is 5.69 Å². The number of hydrogen-bond acceptors (Lipinski definition) is 2. The van der Waals surface area contributed by atoms with E-state index >= 15 is 0 Å². The number of likely N-dealkylation sites (N-methyl/N-ethyl adjacent to an activating group) is 1. The van der Waals surface area contributed by atoms with Crippen LogP contribution in [0.2, 0.25) is 0 Å². The van der Waals surface area contributed by atoms with Gasteiger partial charge in [0.05, 0.1) is 0 Å². The van der Waals surface area contributed by atoms with Gasteiger partial charge in [0, 0.05) is 25.3 Å². The largest absolute Gasteiger partial charge is 0.371 e. The molecule has 17 heavy (non-hydrogen) atoms. The summed E-state index contributed by atoms with van der Waals surface area (Å²) in [5.41, 5.74) is 3.85. The second-order valence-electron chi connectivity index (χ2n) is 4.20. The number of halogens is 1. The molecule has 0 saturated heterocycles. The molecule has 0 aromatic heterocycles. The SMILES string of the molecule is CCN1CCc2cc(CNC(=O)CCl)ccc21. The Kier molecular flexibility index (Phi) is 3.89. The van der Waals surface area contributed by atoms with Crippen LogP contribution in [-0.2, 0) is 17.8 Å². The molecule has 0 bridgehead atoms. The van der Waals surface area contributed by atoms with Crippen LogP contribution < -0.4 is 10.2 Å². The Bertz CT molecular complexity index is 420. The first kappa shape index (κ1) is 12.2. The summed E-state index contributed by atoms with van der Waals surface area (Å²) in [6.45, 7) is 4.88. The van der Waals surface area contributed by atoms with Crippen LogP contribution in [0.5, 0.6) is 0 Å². The van der Waals surface area contributed by atoms with Crippen LogP contribution in [-0.4, -0.2) is 24.9 Å². The van der Waals surface area contributed by atoms with Crippen molar-refractivity contribution in [2.75, 3.05) is 23.9 Å². The summed E-state index contributed by atoms with van der Waals surface area (Å²) in [4.78, 5) is 13.4. The monoisotopic (exact) mass is 252 g/mol. The van der Waals surface area contributed by atoms with E-state index in [2.05, 4.69) is 35.3 Å². The van der Waals surface area contributed by atoms with Gasteiger partial charge in [-0.1, -0.05) is 12.1 Å². The second kappa shape index (κ2) is 5.41. The van der Waals surface area contributed by atoms with Gasteiger partial charge in [-0.05, 0) is 30.5 Å². The van der Waals surface area contributed by atoms with Gasteiger partial charge in [-0.2, -0.15) is 0 Å². The van der Waals surface area contributed by atoms with E-state index in [0.29, 0.717) is 6.54 Å². The van der Waals surface area contributed by atoms with Crippen molar-refractivity contribution in [3.05, 3.63) is 29.3 Å². The first-order valence-electron chi connectivity index (χ1n) is 5.94. The topological polar surface area (TPSA) is 32.3 Å². The Hall–Kier alpha value is -1.22. The predicted octanol–water partition coefficient (Wildman–Crippen LogP) is 1.92. The van der Waals surface area contributed by atoms with Crippen molar-refractivity contribution in [2.24, 2.45) is 0 Å². The number of nitrogens with one attached hydrogen (secondary N) is 1. The van der Waals surface area contributed by atoms with Gasteiger partial charge in [0.25, 0.3) is 0 Å². The van der Waals surface area contributed by atoms with Crippen molar-refractivity contribution in [2.45, 2.75) is 19.9 Å². The van der Waals surface area contributed by atoms with Crippen molar-refractivity contribution in [3.63, 3.8) is 0 Å². The number of carbonyl (C=O) groups is 1. The molecule has 0 unspecified atom stereocenters. The Labute approximate surface area is 107 Å². The van der Waals surface area contributed by atoms with Crippen LogP contribution in [0.1, 0.15) is 18.1 Å². The minimum absolute atomic E-state index is 0.0224. The van der Waals surface area contributed by atoms with Gasteiger partial charge >= 0.3 is 0 Å². The lowest BCUT2D eigenvalue weighted by Crippen LogP contribution is -2.23. The molecule has 0 radical (unpaired) electrons. The van der Waals surface area contributed by atoms with Crippen molar-refractivity contribution in [3.8, 4) is 0 Å². The molecule has 1 heterocycles. The van der Waals surface area contributed by atoms with Gasteiger partial charge in [0.1, 0.15) is 5.88 Å². The number of amides is 1. The van der Waals surface area contributed by atoms with Crippen LogP contribution in [0.15, 0.2) is 18.2 Å². The summed E-state index contributed by atoms with van der Waals surface area (Å²) >= 11 is 5.43. The smallest absolute Gasteiger partial charge is 0.235 e. The molecule has 0 atom stereocenters. The minimum Gasteiger partial charge on any atom is -0.371 e. The molecule has 1 aliphatic heterocycles. The minimum atomic E-state index is -0.123. The van der Waals surface area contributed by atoms with Gasteiger partial charge in [-0.25, -0.2) is 0 Å². The summed E-state index contributed by atoms with van der Waals surface area (Å²) < 4.78 is 0. The maximum absolute atomic E-state index is 11.1. The fraction of sp³-hybridized carbons (Fsp3) is 0.462. The van der Waals surface area contributed by atoms with Crippen molar-refractivity contribution in [1.29, 1.82) is 0 Å². The molecule has 1 aromatic carbocycles. The highest BCUT2D eigenvalue weighted by atomic mass is 35.5. The maximum Gasteiger partial charge on any atom is 0.235 e. The molecule has 92 valence electrons. The number of alkyl halides is 1. The molecule has 4 heteroatoms. The molecular formula is C13H17ClN2O. The zero-order valence-corrected chi connectivity index (χ0v) is 10.8. The van der Waals surface area contributed by atoms with E-state index in [0.717, 1.165) is 25.1 Å². The molecule has 0 spiro atoms. The molecule has 2 rings (SSSR count). The number of benzene rings is 1. The van der Waals surface area contributed by atoms with Crippen LogP contribution in [0.25, 0.3) is 0 Å². The molecule has 1 aromatic rings. The summed E-state index contributed by atoms with van der Waals surface area (Å²) in [7, 11) is 0. The van der Waals surface area contributed by atoms with Gasteiger partial charge in [0.15, 0.2) is 0 Å². The van der Waals surface area contributed by atoms with Gasteiger partial charge in [-0.15, -0.1) is 11.6 Å². The summed E-state index contributed by atoms with van der Waals surface area (Å²) in [6.07, 6.45) is 1.10. The lowest BCUT2D eigenvalue weighted by molar-refractivity contribution is -0.118. The number of nitrogens with zero attached hydrogens (tertiary/aromatic N) is 1. The van der Waals surface area contributed by atoms with Crippen LogP contribution in [0.3, 0.4) is 0 Å². The van der Waals surface area contributed by atoms with Crippen molar-refractivity contribution < 1.29 is 4.79 Å². The third-order valence-electron chi connectivity index (χ3n) is 3.13. The molecule has 0 aliphatic carbocycles. The molecular weight excluding hydrogens is 236 g/mol. The normalized spacial score (nSPS) is 13.6. The van der Waals surface area contributed by atoms with E-state index in [-0.39, 0.29) is 11.8 Å². The molecule has 0 fully saturated rings. The van der Waals surface area contributed by atoms with Crippen molar-refractivity contribution >= 4 is 23.2 Å². The first-order valence-corrected chi connectivity index (χ1v) is 6.47.